The summed E-state index contributed by atoms with van der Waals surface area (Å²) in [5.41, 5.74) is 0. The van der Waals surface area contributed by atoms with Crippen LogP contribution >= 0.6 is 0 Å². The average Bonchev–Trinajstić information content (AvgIpc) is 2.29. The zero-order valence-electron chi connectivity index (χ0n) is 10.7. The lowest BCUT2D eigenvalue weighted by Crippen LogP contribution is -1.97. The molecule has 0 aliphatic heterocycles. The van der Waals surface area contributed by atoms with Crippen LogP contribution in [-0.4, -0.2) is 12.1 Å². The van der Waals surface area contributed by atoms with E-state index in [9.17, 15) is 9.59 Å². The van der Waals surface area contributed by atoms with Crippen molar-refractivity contribution in [1.29, 1.82) is 0 Å². The summed E-state index contributed by atoms with van der Waals surface area (Å²) in [5, 5.41) is 0. The standard InChI is InChI=1S/C14H26O2/c1-2-3-4-8-11-14(16)12-9-6-5-7-10-13-15/h13H,2-12H2,1H3. The van der Waals surface area contributed by atoms with Crippen molar-refractivity contribution in [3.8, 4) is 0 Å². The van der Waals surface area contributed by atoms with E-state index < -0.39 is 0 Å². The SMILES string of the molecule is CCCCCCC(=O)CCCCCCC=O. The molecule has 0 rings (SSSR count). The van der Waals surface area contributed by atoms with E-state index in [1.807, 2.05) is 0 Å². The van der Waals surface area contributed by atoms with Gasteiger partial charge in [-0.05, 0) is 19.3 Å². The third-order valence-corrected chi connectivity index (χ3v) is 2.84. The normalized spacial score (nSPS) is 10.3. The first-order valence-corrected chi connectivity index (χ1v) is 6.76. The van der Waals surface area contributed by atoms with Crippen LogP contribution < -0.4 is 0 Å². The van der Waals surface area contributed by atoms with E-state index in [1.165, 1.54) is 19.3 Å². The van der Waals surface area contributed by atoms with Crippen LogP contribution in [0, 0.1) is 0 Å². The van der Waals surface area contributed by atoms with Gasteiger partial charge in [0, 0.05) is 19.3 Å². The van der Waals surface area contributed by atoms with Crippen molar-refractivity contribution in [3.63, 3.8) is 0 Å². The molecule has 0 saturated carbocycles. The molecule has 2 heteroatoms. The maximum absolute atomic E-state index is 11.4. The molecule has 94 valence electrons. The van der Waals surface area contributed by atoms with Crippen LogP contribution in [0.15, 0.2) is 0 Å². The second-order valence-electron chi connectivity index (χ2n) is 4.47. The van der Waals surface area contributed by atoms with Crippen molar-refractivity contribution < 1.29 is 9.59 Å². The van der Waals surface area contributed by atoms with Crippen LogP contribution in [0.25, 0.3) is 0 Å². The number of hydrogen-bond donors (Lipinski definition) is 0. The highest BCUT2D eigenvalue weighted by Gasteiger charge is 2.01. The Balaban J connectivity index is 3.14. The topological polar surface area (TPSA) is 34.1 Å². The Morgan fingerprint density at radius 3 is 2.00 bits per heavy atom. The Morgan fingerprint density at radius 1 is 0.875 bits per heavy atom. The number of carbonyl (C=O) groups is 2. The average molecular weight is 226 g/mol. The van der Waals surface area contributed by atoms with Crippen molar-refractivity contribution >= 4 is 12.1 Å². The van der Waals surface area contributed by atoms with Gasteiger partial charge < -0.3 is 4.79 Å². The highest BCUT2D eigenvalue weighted by Crippen LogP contribution is 2.09. The van der Waals surface area contributed by atoms with Crippen molar-refractivity contribution in [2.45, 2.75) is 77.6 Å². The molecular formula is C14H26O2. The molecule has 0 atom stereocenters. The number of ketones is 1. The smallest absolute Gasteiger partial charge is 0.132 e. The number of Topliss-reactive ketones (excluding diaryl/α,β-unsaturated/α-hetero) is 1. The van der Waals surface area contributed by atoms with Gasteiger partial charge in [0.25, 0.3) is 0 Å². The van der Waals surface area contributed by atoms with E-state index in [-0.39, 0.29) is 0 Å². The van der Waals surface area contributed by atoms with Gasteiger partial charge in [0.1, 0.15) is 12.1 Å². The molecule has 0 N–H and O–H groups in total. The second-order valence-corrected chi connectivity index (χ2v) is 4.47. The van der Waals surface area contributed by atoms with Crippen molar-refractivity contribution in [1.82, 2.24) is 0 Å². The molecule has 0 saturated heterocycles. The number of unbranched alkanes of at least 4 members (excludes halogenated alkanes) is 7. The van der Waals surface area contributed by atoms with Crippen molar-refractivity contribution in [2.75, 3.05) is 0 Å². The first kappa shape index (κ1) is 15.3. The molecule has 0 fully saturated rings. The largest absolute Gasteiger partial charge is 0.303 e. The van der Waals surface area contributed by atoms with Gasteiger partial charge in [0.15, 0.2) is 0 Å². The maximum atomic E-state index is 11.4. The molecule has 16 heavy (non-hydrogen) atoms. The molecule has 0 unspecified atom stereocenters. The van der Waals surface area contributed by atoms with Crippen LogP contribution in [0.4, 0.5) is 0 Å². The second kappa shape index (κ2) is 12.4. The minimum Gasteiger partial charge on any atom is -0.303 e. The van der Waals surface area contributed by atoms with Crippen LogP contribution in [0.3, 0.4) is 0 Å². The Hall–Kier alpha value is -0.660. The van der Waals surface area contributed by atoms with Crippen LogP contribution in [-0.2, 0) is 9.59 Å². The number of carbonyl (C=O) groups excluding carboxylic acids is 2. The number of aldehydes is 1. The van der Waals surface area contributed by atoms with Crippen molar-refractivity contribution in [2.24, 2.45) is 0 Å². The summed E-state index contributed by atoms with van der Waals surface area (Å²) in [7, 11) is 0. The minimum atomic E-state index is 0.423. The molecule has 0 amide bonds. The summed E-state index contributed by atoms with van der Waals surface area (Å²) in [6, 6.07) is 0. The van der Waals surface area contributed by atoms with Crippen molar-refractivity contribution in [3.05, 3.63) is 0 Å². The van der Waals surface area contributed by atoms with E-state index >= 15 is 0 Å². The molecular weight excluding hydrogens is 200 g/mol. The van der Waals surface area contributed by atoms with E-state index in [1.54, 1.807) is 0 Å². The van der Waals surface area contributed by atoms with Crippen LogP contribution in [0.1, 0.15) is 77.6 Å². The monoisotopic (exact) mass is 226 g/mol. The molecule has 0 heterocycles. The summed E-state index contributed by atoms with van der Waals surface area (Å²) in [6.07, 6.45) is 12.1. The molecule has 0 radical (unpaired) electrons. The van der Waals surface area contributed by atoms with Gasteiger partial charge in [-0.1, -0.05) is 39.0 Å². The highest BCUT2D eigenvalue weighted by molar-refractivity contribution is 5.78. The first-order chi connectivity index (χ1) is 7.81. The van der Waals surface area contributed by atoms with Gasteiger partial charge in [-0.25, -0.2) is 0 Å². The summed E-state index contributed by atoms with van der Waals surface area (Å²) in [6.45, 7) is 2.18. The Labute approximate surface area is 99.8 Å². The quantitative estimate of drug-likeness (QED) is 0.371. The summed E-state index contributed by atoms with van der Waals surface area (Å²) in [4.78, 5) is 21.5. The summed E-state index contributed by atoms with van der Waals surface area (Å²) in [5.74, 6) is 0.423. The van der Waals surface area contributed by atoms with Gasteiger partial charge in [0.2, 0.25) is 0 Å². The van der Waals surface area contributed by atoms with Gasteiger partial charge in [-0.3, -0.25) is 4.79 Å². The Kier molecular flexibility index (Phi) is 11.9. The molecule has 0 aliphatic rings. The van der Waals surface area contributed by atoms with Gasteiger partial charge in [-0.15, -0.1) is 0 Å². The molecule has 0 bridgehead atoms. The molecule has 2 nitrogen and oxygen atoms in total. The Bertz CT molecular complexity index is 176. The highest BCUT2D eigenvalue weighted by atomic mass is 16.1. The van der Waals surface area contributed by atoms with E-state index in [0.717, 1.165) is 51.2 Å². The first-order valence-electron chi connectivity index (χ1n) is 6.76. The van der Waals surface area contributed by atoms with E-state index in [4.69, 9.17) is 0 Å². The lowest BCUT2D eigenvalue weighted by molar-refractivity contribution is -0.119. The van der Waals surface area contributed by atoms with E-state index in [2.05, 4.69) is 6.92 Å². The number of hydrogen-bond acceptors (Lipinski definition) is 2. The lowest BCUT2D eigenvalue weighted by Gasteiger charge is -2.01. The fourth-order valence-corrected chi connectivity index (χ4v) is 1.78. The zero-order valence-corrected chi connectivity index (χ0v) is 10.7. The van der Waals surface area contributed by atoms with Crippen LogP contribution in [0.2, 0.25) is 0 Å². The molecule has 0 aromatic heterocycles. The van der Waals surface area contributed by atoms with E-state index in [0.29, 0.717) is 12.2 Å². The van der Waals surface area contributed by atoms with Gasteiger partial charge in [0.05, 0.1) is 0 Å². The maximum Gasteiger partial charge on any atom is 0.132 e. The fraction of sp³-hybridized carbons (Fsp3) is 0.857. The Morgan fingerprint density at radius 2 is 1.44 bits per heavy atom. The fourth-order valence-electron chi connectivity index (χ4n) is 1.78. The van der Waals surface area contributed by atoms with Gasteiger partial charge in [-0.2, -0.15) is 0 Å². The summed E-state index contributed by atoms with van der Waals surface area (Å²) >= 11 is 0. The molecule has 0 spiro atoms. The third kappa shape index (κ3) is 11.4. The van der Waals surface area contributed by atoms with Gasteiger partial charge >= 0.3 is 0 Å². The number of rotatable bonds is 12. The zero-order chi connectivity index (χ0) is 12.1. The third-order valence-electron chi connectivity index (χ3n) is 2.84. The molecule has 0 aromatic carbocycles. The van der Waals surface area contributed by atoms with Crippen LogP contribution in [0.5, 0.6) is 0 Å². The molecule has 0 aliphatic carbocycles. The predicted molar refractivity (Wildman–Crippen MR) is 67.5 cm³/mol. The summed E-state index contributed by atoms with van der Waals surface area (Å²) < 4.78 is 0. The predicted octanol–water partition coefficient (Wildman–Crippen LogP) is 4.07. The minimum absolute atomic E-state index is 0.423. The molecule has 0 aromatic rings. The lowest BCUT2D eigenvalue weighted by atomic mass is 10.0.